The second-order valence-corrected chi connectivity index (χ2v) is 4.92. The summed E-state index contributed by atoms with van der Waals surface area (Å²) in [6, 6.07) is 7.85. The molecule has 0 radical (unpaired) electrons. The molecule has 1 aromatic rings. The van der Waals surface area contributed by atoms with Crippen molar-refractivity contribution in [2.45, 2.75) is 25.2 Å². The minimum atomic E-state index is 0.0380. The van der Waals surface area contributed by atoms with Crippen LogP contribution in [0.4, 0.5) is 0 Å². The predicted octanol–water partition coefficient (Wildman–Crippen LogP) is 2.98. The van der Waals surface area contributed by atoms with E-state index in [1.807, 2.05) is 24.3 Å². The maximum Gasteiger partial charge on any atom is 0.129 e. The number of hydrogen-bond acceptors (Lipinski definition) is 2. The normalized spacial score (nSPS) is 17.9. The lowest BCUT2D eigenvalue weighted by atomic mass is 9.75. The third-order valence-electron chi connectivity index (χ3n) is 3.17. The van der Waals surface area contributed by atoms with Crippen LogP contribution in [0.1, 0.15) is 25.3 Å². The SMILES string of the molecule is CC(=O)CCC1(c2ccc(Cl)cc2)COC1. The van der Waals surface area contributed by atoms with E-state index in [0.29, 0.717) is 19.6 Å². The van der Waals surface area contributed by atoms with E-state index in [-0.39, 0.29) is 11.2 Å². The Kier molecular flexibility index (Phi) is 3.31. The van der Waals surface area contributed by atoms with E-state index in [0.717, 1.165) is 11.4 Å². The van der Waals surface area contributed by atoms with Gasteiger partial charge in [0.1, 0.15) is 5.78 Å². The second-order valence-electron chi connectivity index (χ2n) is 4.48. The van der Waals surface area contributed by atoms with Gasteiger partial charge in [0, 0.05) is 16.9 Å². The van der Waals surface area contributed by atoms with Crippen LogP contribution in [0, 0.1) is 0 Å². The molecule has 0 bridgehead atoms. The van der Waals surface area contributed by atoms with Gasteiger partial charge in [0.05, 0.1) is 13.2 Å². The van der Waals surface area contributed by atoms with Crippen molar-refractivity contribution in [2.24, 2.45) is 0 Å². The van der Waals surface area contributed by atoms with Gasteiger partial charge in [-0.2, -0.15) is 0 Å². The number of halogens is 1. The van der Waals surface area contributed by atoms with Crippen LogP contribution in [0.3, 0.4) is 0 Å². The highest BCUT2D eigenvalue weighted by Crippen LogP contribution is 2.37. The summed E-state index contributed by atoms with van der Waals surface area (Å²) in [7, 11) is 0. The molecule has 0 atom stereocenters. The van der Waals surface area contributed by atoms with Gasteiger partial charge in [-0.05, 0) is 31.0 Å². The fourth-order valence-electron chi connectivity index (χ4n) is 2.02. The molecule has 86 valence electrons. The van der Waals surface area contributed by atoms with E-state index in [9.17, 15) is 4.79 Å². The fourth-order valence-corrected chi connectivity index (χ4v) is 2.15. The smallest absolute Gasteiger partial charge is 0.129 e. The molecular weight excluding hydrogens is 224 g/mol. The highest BCUT2D eigenvalue weighted by Gasteiger charge is 2.39. The average molecular weight is 239 g/mol. The molecule has 0 aliphatic carbocycles. The Bertz CT molecular complexity index is 379. The molecule has 1 fully saturated rings. The van der Waals surface area contributed by atoms with Crippen LogP contribution in [-0.4, -0.2) is 19.0 Å². The number of hydrogen-bond donors (Lipinski definition) is 0. The van der Waals surface area contributed by atoms with Crippen LogP contribution in [0.25, 0.3) is 0 Å². The van der Waals surface area contributed by atoms with Crippen molar-refractivity contribution in [2.75, 3.05) is 13.2 Å². The largest absolute Gasteiger partial charge is 0.379 e. The zero-order valence-corrected chi connectivity index (χ0v) is 10.1. The van der Waals surface area contributed by atoms with E-state index in [2.05, 4.69) is 0 Å². The topological polar surface area (TPSA) is 26.3 Å². The summed E-state index contributed by atoms with van der Waals surface area (Å²) >= 11 is 5.87. The van der Waals surface area contributed by atoms with Gasteiger partial charge in [-0.25, -0.2) is 0 Å². The Hall–Kier alpha value is -0.860. The number of rotatable bonds is 4. The van der Waals surface area contributed by atoms with Gasteiger partial charge >= 0.3 is 0 Å². The molecular formula is C13H15ClO2. The number of benzene rings is 1. The minimum absolute atomic E-state index is 0.0380. The molecule has 1 saturated heterocycles. The van der Waals surface area contributed by atoms with Gasteiger partial charge in [0.25, 0.3) is 0 Å². The average Bonchev–Trinajstić information content (AvgIpc) is 2.18. The molecule has 1 heterocycles. The van der Waals surface area contributed by atoms with Crippen LogP contribution in [-0.2, 0) is 14.9 Å². The van der Waals surface area contributed by atoms with Gasteiger partial charge in [-0.15, -0.1) is 0 Å². The van der Waals surface area contributed by atoms with Crippen LogP contribution < -0.4 is 0 Å². The molecule has 1 aliphatic heterocycles. The molecule has 0 amide bonds. The first kappa shape index (κ1) is 11.6. The standard InChI is InChI=1S/C13H15ClO2/c1-10(15)6-7-13(8-16-9-13)11-2-4-12(14)5-3-11/h2-5H,6-9H2,1H3. The van der Waals surface area contributed by atoms with E-state index in [1.54, 1.807) is 6.92 Å². The van der Waals surface area contributed by atoms with Gasteiger partial charge in [0.2, 0.25) is 0 Å². The predicted molar refractivity (Wildman–Crippen MR) is 63.9 cm³/mol. The van der Waals surface area contributed by atoms with Crippen molar-refractivity contribution >= 4 is 17.4 Å². The van der Waals surface area contributed by atoms with Crippen LogP contribution in [0.15, 0.2) is 24.3 Å². The van der Waals surface area contributed by atoms with Crippen LogP contribution in [0.5, 0.6) is 0 Å². The molecule has 1 aliphatic rings. The number of carbonyl (C=O) groups excluding carboxylic acids is 1. The molecule has 2 nitrogen and oxygen atoms in total. The Balaban J connectivity index is 2.14. The number of carbonyl (C=O) groups is 1. The highest BCUT2D eigenvalue weighted by molar-refractivity contribution is 6.30. The monoisotopic (exact) mass is 238 g/mol. The summed E-state index contributed by atoms with van der Waals surface area (Å²) in [5.41, 5.74) is 1.26. The van der Waals surface area contributed by atoms with E-state index < -0.39 is 0 Å². The molecule has 3 heteroatoms. The van der Waals surface area contributed by atoms with E-state index >= 15 is 0 Å². The Labute approximate surface area is 101 Å². The first-order chi connectivity index (χ1) is 7.62. The fraction of sp³-hybridized carbons (Fsp3) is 0.462. The summed E-state index contributed by atoms with van der Waals surface area (Å²) in [5.74, 6) is 0.236. The molecule has 0 unspecified atom stereocenters. The van der Waals surface area contributed by atoms with Crippen molar-refractivity contribution in [1.82, 2.24) is 0 Å². The molecule has 1 aromatic carbocycles. The summed E-state index contributed by atoms with van der Waals surface area (Å²) in [5, 5.41) is 0.741. The first-order valence-corrected chi connectivity index (χ1v) is 5.83. The zero-order valence-electron chi connectivity index (χ0n) is 9.33. The number of ether oxygens (including phenoxy) is 1. The maximum absolute atomic E-state index is 11.1. The summed E-state index contributed by atoms with van der Waals surface area (Å²) < 4.78 is 5.31. The lowest BCUT2D eigenvalue weighted by Gasteiger charge is -2.42. The lowest BCUT2D eigenvalue weighted by Crippen LogP contribution is -2.46. The number of ketones is 1. The molecule has 0 N–H and O–H groups in total. The molecule has 2 rings (SSSR count). The van der Waals surface area contributed by atoms with Crippen LogP contribution in [0.2, 0.25) is 5.02 Å². The second kappa shape index (κ2) is 4.56. The highest BCUT2D eigenvalue weighted by atomic mass is 35.5. The maximum atomic E-state index is 11.1. The van der Waals surface area contributed by atoms with Gasteiger partial charge in [-0.3, -0.25) is 0 Å². The quantitative estimate of drug-likeness (QED) is 0.806. The zero-order chi connectivity index (χ0) is 11.6. The van der Waals surface area contributed by atoms with Crippen molar-refractivity contribution in [3.8, 4) is 0 Å². The third-order valence-corrected chi connectivity index (χ3v) is 3.42. The molecule has 16 heavy (non-hydrogen) atoms. The van der Waals surface area contributed by atoms with Crippen molar-refractivity contribution in [3.05, 3.63) is 34.9 Å². The summed E-state index contributed by atoms with van der Waals surface area (Å²) in [4.78, 5) is 11.1. The van der Waals surface area contributed by atoms with Crippen molar-refractivity contribution < 1.29 is 9.53 Å². The molecule has 0 aromatic heterocycles. The Morgan fingerprint density at radius 3 is 2.44 bits per heavy atom. The van der Waals surface area contributed by atoms with Gasteiger partial charge < -0.3 is 9.53 Å². The van der Waals surface area contributed by atoms with Crippen molar-refractivity contribution in [3.63, 3.8) is 0 Å². The Morgan fingerprint density at radius 1 is 1.38 bits per heavy atom. The third kappa shape index (κ3) is 2.28. The first-order valence-electron chi connectivity index (χ1n) is 5.46. The molecule has 0 saturated carbocycles. The molecule has 0 spiro atoms. The van der Waals surface area contributed by atoms with Gasteiger partial charge in [-0.1, -0.05) is 23.7 Å². The summed E-state index contributed by atoms with van der Waals surface area (Å²) in [6.07, 6.45) is 1.48. The van der Waals surface area contributed by atoms with E-state index in [4.69, 9.17) is 16.3 Å². The lowest BCUT2D eigenvalue weighted by molar-refractivity contribution is -0.119. The number of Topliss-reactive ketones (excluding diaryl/α,β-unsaturated/α-hetero) is 1. The minimum Gasteiger partial charge on any atom is -0.379 e. The van der Waals surface area contributed by atoms with E-state index in [1.165, 1.54) is 5.56 Å². The van der Waals surface area contributed by atoms with Crippen molar-refractivity contribution in [1.29, 1.82) is 0 Å². The van der Waals surface area contributed by atoms with Crippen LogP contribution >= 0.6 is 11.6 Å². The van der Waals surface area contributed by atoms with Gasteiger partial charge in [0.15, 0.2) is 0 Å². The summed E-state index contributed by atoms with van der Waals surface area (Å²) in [6.45, 7) is 3.05. The Morgan fingerprint density at radius 2 is 2.00 bits per heavy atom.